The minimum atomic E-state index is -0.0303. The van der Waals surface area contributed by atoms with Gasteiger partial charge in [0.05, 0.1) is 0 Å². The molecule has 2 aliphatic carbocycles. The number of hydrogen-bond acceptors (Lipinski definition) is 6. The van der Waals surface area contributed by atoms with Gasteiger partial charge in [-0.2, -0.15) is 0 Å². The molecule has 8 rings (SSSR count). The number of urea groups is 2. The standard InChI is InChI=1S/C42H60N6O2S2/c49-41(45-31-13-9-29(10-14-31)21-25-47-37-17-18-38(47)34-6-2-1-5-33(34)37)43-23-27-51-52-28-24-44-42(50)46-32-15-11-30(12-16-32)22-26-48-39-19-20-40(48)36-8-4-3-7-35(36)39/h1-8,29-32,37-40H,9-28H2,(H2,43,45,49)(H2,44,46,50)/t29?,30?,31?,32?,37-,38+,39-,40+. The minimum Gasteiger partial charge on any atom is -0.337 e. The minimum absolute atomic E-state index is 0.0303. The Labute approximate surface area is 319 Å². The molecule has 0 spiro atoms. The molecule has 6 aliphatic rings. The van der Waals surface area contributed by atoms with Crippen LogP contribution in [-0.2, 0) is 0 Å². The van der Waals surface area contributed by atoms with Crippen LogP contribution in [0.5, 0.6) is 0 Å². The first-order valence-electron chi connectivity index (χ1n) is 20.6. The van der Waals surface area contributed by atoms with Crippen molar-refractivity contribution in [3.05, 3.63) is 70.8 Å². The summed E-state index contributed by atoms with van der Waals surface area (Å²) in [4.78, 5) is 30.6. The Morgan fingerprint density at radius 1 is 0.519 bits per heavy atom. The van der Waals surface area contributed by atoms with Crippen molar-refractivity contribution in [2.45, 2.75) is 126 Å². The second-order valence-electron chi connectivity index (χ2n) is 16.4. The largest absolute Gasteiger partial charge is 0.337 e. The van der Waals surface area contributed by atoms with Crippen LogP contribution < -0.4 is 21.3 Å². The summed E-state index contributed by atoms with van der Waals surface area (Å²) in [6.07, 6.45) is 17.1. The zero-order valence-electron chi connectivity index (χ0n) is 30.9. The number of carbonyl (C=O) groups is 2. The lowest BCUT2D eigenvalue weighted by molar-refractivity contribution is 0.185. The van der Waals surface area contributed by atoms with Gasteiger partial charge in [-0.05, 0) is 137 Å². The summed E-state index contributed by atoms with van der Waals surface area (Å²) in [5, 5.41) is 12.5. The summed E-state index contributed by atoms with van der Waals surface area (Å²) < 4.78 is 0. The fourth-order valence-corrected chi connectivity index (χ4v) is 12.6. The lowest BCUT2D eigenvalue weighted by atomic mass is 9.84. The van der Waals surface area contributed by atoms with Gasteiger partial charge in [-0.1, -0.05) is 70.1 Å². The van der Waals surface area contributed by atoms with E-state index in [1.54, 1.807) is 43.8 Å². The number of amides is 4. The van der Waals surface area contributed by atoms with E-state index in [0.717, 1.165) is 49.0 Å². The van der Waals surface area contributed by atoms with Gasteiger partial charge in [0.2, 0.25) is 0 Å². The molecule has 52 heavy (non-hydrogen) atoms. The van der Waals surface area contributed by atoms with E-state index < -0.39 is 0 Å². The Hall–Kier alpha value is -2.40. The smallest absolute Gasteiger partial charge is 0.315 e. The first-order valence-corrected chi connectivity index (χ1v) is 23.1. The number of rotatable bonds is 15. The van der Waals surface area contributed by atoms with Gasteiger partial charge >= 0.3 is 12.1 Å². The number of benzene rings is 2. The molecule has 2 saturated heterocycles. The van der Waals surface area contributed by atoms with Crippen LogP contribution in [0.25, 0.3) is 0 Å². The Balaban J connectivity index is 0.606. The van der Waals surface area contributed by atoms with E-state index in [1.807, 2.05) is 0 Å². The molecule has 4 N–H and O–H groups in total. The maximum Gasteiger partial charge on any atom is 0.315 e. The van der Waals surface area contributed by atoms with Gasteiger partial charge in [0.15, 0.2) is 0 Å². The average molecular weight is 745 g/mol. The van der Waals surface area contributed by atoms with Gasteiger partial charge in [0.1, 0.15) is 0 Å². The highest BCUT2D eigenvalue weighted by Gasteiger charge is 2.44. The van der Waals surface area contributed by atoms with E-state index in [4.69, 9.17) is 0 Å². The molecule has 4 fully saturated rings. The quantitative estimate of drug-likeness (QED) is 0.108. The van der Waals surface area contributed by atoms with Crippen LogP contribution in [0, 0.1) is 11.8 Å². The van der Waals surface area contributed by atoms with E-state index >= 15 is 0 Å². The van der Waals surface area contributed by atoms with Crippen molar-refractivity contribution in [3.63, 3.8) is 0 Å². The summed E-state index contributed by atoms with van der Waals surface area (Å²) in [7, 11) is 3.51. The lowest BCUT2D eigenvalue weighted by Crippen LogP contribution is -2.44. The van der Waals surface area contributed by atoms with Crippen LogP contribution in [0.15, 0.2) is 48.5 Å². The van der Waals surface area contributed by atoms with E-state index in [9.17, 15) is 9.59 Å². The average Bonchev–Trinajstić information content (AvgIpc) is 3.94. The molecule has 10 heteroatoms. The molecule has 4 atom stereocenters. The molecule has 4 heterocycles. The molecular formula is C42H60N6O2S2. The SMILES string of the molecule is O=C(NCCSSCCNC(=O)NC1CCC(CCN2[C@@H]3CC[C@H]2c2ccccc23)CC1)NC1CCC(CCN2[C@@H]3CC[C@H]2c2ccccc23)CC1. The van der Waals surface area contributed by atoms with Crippen molar-refractivity contribution in [1.29, 1.82) is 0 Å². The van der Waals surface area contributed by atoms with Crippen molar-refractivity contribution in [2.24, 2.45) is 11.8 Å². The van der Waals surface area contributed by atoms with Crippen LogP contribution in [0.3, 0.4) is 0 Å². The number of nitrogens with one attached hydrogen (secondary N) is 4. The molecule has 2 saturated carbocycles. The summed E-state index contributed by atoms with van der Waals surface area (Å²) >= 11 is 0. The molecule has 2 aromatic rings. The summed E-state index contributed by atoms with van der Waals surface area (Å²) in [5.74, 6) is 3.27. The molecule has 4 bridgehead atoms. The number of carbonyl (C=O) groups excluding carboxylic acids is 2. The highest BCUT2D eigenvalue weighted by atomic mass is 33.1. The van der Waals surface area contributed by atoms with Gasteiger partial charge in [-0.3, -0.25) is 9.80 Å². The number of hydrogen-bond donors (Lipinski definition) is 4. The summed E-state index contributed by atoms with van der Waals surface area (Å²) in [5.41, 5.74) is 6.32. The normalized spacial score (nSPS) is 30.5. The van der Waals surface area contributed by atoms with Crippen LogP contribution >= 0.6 is 21.6 Å². The van der Waals surface area contributed by atoms with Gasteiger partial charge < -0.3 is 21.3 Å². The first-order chi connectivity index (χ1) is 25.6. The highest BCUT2D eigenvalue weighted by molar-refractivity contribution is 8.76. The molecule has 282 valence electrons. The van der Waals surface area contributed by atoms with Gasteiger partial charge in [-0.15, -0.1) is 0 Å². The molecule has 8 nitrogen and oxygen atoms in total. The van der Waals surface area contributed by atoms with Crippen LogP contribution in [0.1, 0.15) is 136 Å². The third kappa shape index (κ3) is 8.45. The number of nitrogens with zero attached hydrogens (tertiary/aromatic N) is 2. The fraction of sp³-hybridized carbons (Fsp3) is 0.667. The van der Waals surface area contributed by atoms with Crippen molar-refractivity contribution in [2.75, 3.05) is 37.7 Å². The van der Waals surface area contributed by atoms with Gasteiger partial charge in [-0.25, -0.2) is 9.59 Å². The van der Waals surface area contributed by atoms with Crippen LogP contribution in [-0.4, -0.2) is 71.6 Å². The van der Waals surface area contributed by atoms with Gasteiger partial charge in [0.25, 0.3) is 0 Å². The molecule has 0 unspecified atom stereocenters. The van der Waals surface area contributed by atoms with E-state index in [0.29, 0.717) is 49.3 Å². The Morgan fingerprint density at radius 3 is 1.21 bits per heavy atom. The first kappa shape index (κ1) is 36.6. The summed E-state index contributed by atoms with van der Waals surface area (Å²) in [6, 6.07) is 21.3. The summed E-state index contributed by atoms with van der Waals surface area (Å²) in [6.45, 7) is 3.74. The zero-order valence-corrected chi connectivity index (χ0v) is 32.5. The molecule has 4 amide bonds. The van der Waals surface area contributed by atoms with Crippen molar-refractivity contribution in [3.8, 4) is 0 Å². The highest BCUT2D eigenvalue weighted by Crippen LogP contribution is 2.54. The Kier molecular flexibility index (Phi) is 12.2. The maximum atomic E-state index is 12.5. The maximum absolute atomic E-state index is 12.5. The Morgan fingerprint density at radius 2 is 0.865 bits per heavy atom. The van der Waals surface area contributed by atoms with E-state index in [1.165, 1.54) is 77.3 Å². The fourth-order valence-electron chi connectivity index (χ4n) is 10.8. The second kappa shape index (κ2) is 17.4. The molecule has 0 aromatic heterocycles. The zero-order chi connectivity index (χ0) is 35.3. The topological polar surface area (TPSA) is 88.7 Å². The molecule has 0 radical (unpaired) electrons. The number of fused-ring (bicyclic) bond motifs is 10. The van der Waals surface area contributed by atoms with E-state index in [2.05, 4.69) is 79.6 Å². The Bertz CT molecular complexity index is 1340. The van der Waals surface area contributed by atoms with Crippen molar-refractivity contribution < 1.29 is 9.59 Å². The van der Waals surface area contributed by atoms with Crippen molar-refractivity contribution >= 4 is 33.7 Å². The molecular weight excluding hydrogens is 685 g/mol. The van der Waals surface area contributed by atoms with Crippen LogP contribution in [0.4, 0.5) is 9.59 Å². The third-order valence-corrected chi connectivity index (χ3v) is 15.8. The molecule has 2 aromatic carbocycles. The molecule has 4 aliphatic heterocycles. The third-order valence-electron chi connectivity index (χ3n) is 13.4. The predicted octanol–water partition coefficient (Wildman–Crippen LogP) is 8.65. The van der Waals surface area contributed by atoms with Crippen LogP contribution in [0.2, 0.25) is 0 Å². The van der Waals surface area contributed by atoms with Gasteiger partial charge in [0, 0.05) is 60.8 Å². The lowest BCUT2D eigenvalue weighted by Gasteiger charge is -2.31. The van der Waals surface area contributed by atoms with E-state index in [-0.39, 0.29) is 12.1 Å². The predicted molar refractivity (Wildman–Crippen MR) is 214 cm³/mol. The van der Waals surface area contributed by atoms with Crippen molar-refractivity contribution in [1.82, 2.24) is 31.1 Å². The monoisotopic (exact) mass is 744 g/mol. The second-order valence-corrected chi connectivity index (χ2v) is 19.1.